The van der Waals surface area contributed by atoms with Gasteiger partial charge < -0.3 is 10.2 Å². The van der Waals surface area contributed by atoms with Crippen LogP contribution < -0.4 is 5.32 Å². The van der Waals surface area contributed by atoms with Crippen LogP contribution in [0.25, 0.3) is 0 Å². The second-order valence-corrected chi connectivity index (χ2v) is 10.3. The quantitative estimate of drug-likeness (QED) is 0.459. The zero-order chi connectivity index (χ0) is 19.2. The molecule has 1 spiro atoms. The van der Waals surface area contributed by atoms with E-state index in [9.17, 15) is 8.42 Å². The number of hydrogen-bond donors (Lipinski definition) is 1. The van der Waals surface area contributed by atoms with Crippen molar-refractivity contribution in [3.63, 3.8) is 0 Å². The van der Waals surface area contributed by atoms with E-state index in [0.717, 1.165) is 24.6 Å². The van der Waals surface area contributed by atoms with Gasteiger partial charge in [0, 0.05) is 26.7 Å². The van der Waals surface area contributed by atoms with Crippen LogP contribution in [0.2, 0.25) is 0 Å². The van der Waals surface area contributed by atoms with E-state index >= 15 is 0 Å². The van der Waals surface area contributed by atoms with Crippen LogP contribution in [0.3, 0.4) is 0 Å². The molecule has 150 valence electrons. The van der Waals surface area contributed by atoms with E-state index in [1.54, 1.807) is 0 Å². The maximum atomic E-state index is 12.3. The Kier molecular flexibility index (Phi) is 6.79. The van der Waals surface area contributed by atoms with E-state index in [-0.39, 0.29) is 11.5 Å². The SMILES string of the molecule is CN=C(NCCCS(=O)(=O)Cc1ccccc1)N1CCC2(CCCCC2)C1. The number of likely N-dealkylation sites (tertiary alicyclic amines) is 1. The largest absolute Gasteiger partial charge is 0.356 e. The lowest BCUT2D eigenvalue weighted by Crippen LogP contribution is -2.42. The van der Waals surface area contributed by atoms with Crippen molar-refractivity contribution in [2.24, 2.45) is 10.4 Å². The zero-order valence-corrected chi connectivity index (χ0v) is 17.3. The van der Waals surface area contributed by atoms with E-state index < -0.39 is 9.84 Å². The van der Waals surface area contributed by atoms with Gasteiger partial charge in [0.05, 0.1) is 11.5 Å². The molecule has 0 atom stereocenters. The van der Waals surface area contributed by atoms with Crippen LogP contribution in [0.1, 0.15) is 50.5 Å². The van der Waals surface area contributed by atoms with E-state index in [1.807, 2.05) is 37.4 Å². The summed E-state index contributed by atoms with van der Waals surface area (Å²) in [5, 5.41) is 3.38. The van der Waals surface area contributed by atoms with E-state index in [1.165, 1.54) is 38.5 Å². The first-order chi connectivity index (χ1) is 13.0. The number of aliphatic imine (C=N–C) groups is 1. The van der Waals surface area contributed by atoms with Gasteiger partial charge in [0.15, 0.2) is 15.8 Å². The van der Waals surface area contributed by atoms with Crippen molar-refractivity contribution < 1.29 is 8.42 Å². The minimum atomic E-state index is -3.07. The molecule has 2 fully saturated rings. The summed E-state index contributed by atoms with van der Waals surface area (Å²) in [6.07, 6.45) is 8.66. The molecule has 1 heterocycles. The highest BCUT2D eigenvalue weighted by molar-refractivity contribution is 7.90. The Hall–Kier alpha value is -1.56. The fourth-order valence-corrected chi connectivity index (χ4v) is 5.98. The number of nitrogens with zero attached hydrogens (tertiary/aromatic N) is 2. The second-order valence-electron chi connectivity index (χ2n) is 8.14. The lowest BCUT2D eigenvalue weighted by atomic mass is 9.73. The number of nitrogens with one attached hydrogen (secondary N) is 1. The molecular formula is C21H33N3O2S. The molecule has 1 N–H and O–H groups in total. The highest BCUT2D eigenvalue weighted by atomic mass is 32.2. The highest BCUT2D eigenvalue weighted by Crippen LogP contribution is 2.43. The Bertz CT molecular complexity index is 725. The van der Waals surface area contributed by atoms with Gasteiger partial charge in [-0.15, -0.1) is 0 Å². The van der Waals surface area contributed by atoms with Gasteiger partial charge in [0.2, 0.25) is 0 Å². The molecule has 5 nitrogen and oxygen atoms in total. The summed E-state index contributed by atoms with van der Waals surface area (Å²) in [5.41, 5.74) is 1.35. The lowest BCUT2D eigenvalue weighted by molar-refractivity contribution is 0.203. The topological polar surface area (TPSA) is 61.8 Å². The third kappa shape index (κ3) is 5.71. The Morgan fingerprint density at radius 2 is 1.89 bits per heavy atom. The predicted molar refractivity (Wildman–Crippen MR) is 112 cm³/mol. The van der Waals surface area contributed by atoms with E-state index in [0.29, 0.717) is 18.4 Å². The molecule has 1 aliphatic carbocycles. The third-order valence-electron chi connectivity index (χ3n) is 6.01. The van der Waals surface area contributed by atoms with Gasteiger partial charge in [0.1, 0.15) is 0 Å². The molecular weight excluding hydrogens is 358 g/mol. The molecule has 27 heavy (non-hydrogen) atoms. The third-order valence-corrected chi connectivity index (χ3v) is 7.69. The van der Waals surface area contributed by atoms with Crippen LogP contribution in [-0.4, -0.2) is 51.7 Å². The van der Waals surface area contributed by atoms with Gasteiger partial charge in [-0.1, -0.05) is 49.6 Å². The smallest absolute Gasteiger partial charge is 0.193 e. The minimum absolute atomic E-state index is 0.122. The molecule has 0 bridgehead atoms. The Balaban J connectivity index is 1.42. The summed E-state index contributed by atoms with van der Waals surface area (Å²) in [7, 11) is -1.25. The number of benzene rings is 1. The minimum Gasteiger partial charge on any atom is -0.356 e. The Morgan fingerprint density at radius 3 is 2.59 bits per heavy atom. The van der Waals surface area contributed by atoms with Crippen molar-refractivity contribution in [1.82, 2.24) is 10.2 Å². The Labute approximate surface area is 164 Å². The summed E-state index contributed by atoms with van der Waals surface area (Å²) in [5.74, 6) is 1.26. The van der Waals surface area contributed by atoms with Crippen LogP contribution in [0.15, 0.2) is 35.3 Å². The first-order valence-corrected chi connectivity index (χ1v) is 12.0. The predicted octanol–water partition coefficient (Wildman–Crippen LogP) is 3.22. The fraction of sp³-hybridized carbons (Fsp3) is 0.667. The first kappa shape index (κ1) is 20.2. The van der Waals surface area contributed by atoms with Crippen molar-refractivity contribution in [2.45, 2.75) is 50.7 Å². The fourth-order valence-electron chi connectivity index (χ4n) is 4.55. The van der Waals surface area contributed by atoms with Crippen LogP contribution in [0.5, 0.6) is 0 Å². The van der Waals surface area contributed by atoms with Crippen LogP contribution in [0.4, 0.5) is 0 Å². The summed E-state index contributed by atoms with van der Waals surface area (Å²) in [6, 6.07) is 9.40. The van der Waals surface area contributed by atoms with Crippen molar-refractivity contribution >= 4 is 15.8 Å². The van der Waals surface area contributed by atoms with Gasteiger partial charge in [0.25, 0.3) is 0 Å². The normalized spacial score (nSPS) is 20.2. The molecule has 0 aromatic heterocycles. The summed E-state index contributed by atoms with van der Waals surface area (Å²) < 4.78 is 24.6. The maximum absolute atomic E-state index is 12.3. The number of hydrogen-bond acceptors (Lipinski definition) is 3. The van der Waals surface area contributed by atoms with Gasteiger partial charge >= 0.3 is 0 Å². The van der Waals surface area contributed by atoms with Gasteiger partial charge in [-0.2, -0.15) is 0 Å². The van der Waals surface area contributed by atoms with E-state index in [2.05, 4.69) is 15.2 Å². The van der Waals surface area contributed by atoms with Crippen LogP contribution in [0, 0.1) is 5.41 Å². The molecule has 3 rings (SSSR count). The average molecular weight is 392 g/mol. The number of rotatable bonds is 6. The standard InChI is InChI=1S/C21H33N3O2S/c1-22-20(24-15-13-21(18-24)11-6-3-7-12-21)23-14-8-16-27(25,26)17-19-9-4-2-5-10-19/h2,4-5,9-10H,3,6-8,11-18H2,1H3,(H,22,23). The lowest BCUT2D eigenvalue weighted by Gasteiger charge is -2.33. The number of sulfone groups is 1. The highest BCUT2D eigenvalue weighted by Gasteiger charge is 2.39. The van der Waals surface area contributed by atoms with Crippen molar-refractivity contribution in [3.05, 3.63) is 35.9 Å². The van der Waals surface area contributed by atoms with Gasteiger partial charge in [-0.25, -0.2) is 8.42 Å². The van der Waals surface area contributed by atoms with Crippen LogP contribution in [-0.2, 0) is 15.6 Å². The molecule has 0 unspecified atom stereocenters. The monoisotopic (exact) mass is 391 g/mol. The maximum Gasteiger partial charge on any atom is 0.193 e. The van der Waals surface area contributed by atoms with Crippen molar-refractivity contribution in [3.8, 4) is 0 Å². The number of guanidine groups is 1. The molecule has 2 aliphatic rings. The first-order valence-electron chi connectivity index (χ1n) is 10.2. The Morgan fingerprint density at radius 1 is 1.15 bits per heavy atom. The molecule has 1 aromatic carbocycles. The van der Waals surface area contributed by atoms with Crippen molar-refractivity contribution in [1.29, 1.82) is 0 Å². The molecule has 1 aliphatic heterocycles. The molecule has 1 saturated heterocycles. The molecule has 6 heteroatoms. The summed E-state index contributed by atoms with van der Waals surface area (Å²) in [6.45, 7) is 2.80. The average Bonchev–Trinajstić information content (AvgIpc) is 3.06. The van der Waals surface area contributed by atoms with Crippen LogP contribution >= 0.6 is 0 Å². The van der Waals surface area contributed by atoms with Gasteiger partial charge in [-0.3, -0.25) is 4.99 Å². The molecule has 1 aromatic rings. The molecule has 1 saturated carbocycles. The summed E-state index contributed by atoms with van der Waals surface area (Å²) >= 11 is 0. The zero-order valence-electron chi connectivity index (χ0n) is 16.5. The molecule has 0 amide bonds. The summed E-state index contributed by atoms with van der Waals surface area (Å²) in [4.78, 5) is 6.80. The van der Waals surface area contributed by atoms with E-state index in [4.69, 9.17) is 0 Å². The molecule has 0 radical (unpaired) electrons. The van der Waals surface area contributed by atoms with Gasteiger partial charge in [-0.05, 0) is 36.7 Å². The second kappa shape index (κ2) is 9.09. The van der Waals surface area contributed by atoms with Crippen molar-refractivity contribution in [2.75, 3.05) is 32.4 Å².